The molecule has 1 heterocycles. The first-order chi connectivity index (χ1) is 16.4. The summed E-state index contributed by atoms with van der Waals surface area (Å²) in [5, 5.41) is 10.6. The summed E-state index contributed by atoms with van der Waals surface area (Å²) >= 11 is 0. The Morgan fingerprint density at radius 3 is 2.44 bits per heavy atom. The van der Waals surface area contributed by atoms with E-state index in [0.29, 0.717) is 31.2 Å². The quantitative estimate of drug-likeness (QED) is 0.449. The van der Waals surface area contributed by atoms with E-state index in [1.165, 1.54) is 18.2 Å². The van der Waals surface area contributed by atoms with Crippen LogP contribution in [0.25, 0.3) is 11.1 Å². The van der Waals surface area contributed by atoms with Crippen LogP contribution in [0.4, 0.5) is 4.39 Å². The van der Waals surface area contributed by atoms with E-state index >= 15 is 0 Å². The minimum absolute atomic E-state index is 0.0745. The lowest BCUT2D eigenvalue weighted by Crippen LogP contribution is -2.40. The molecule has 176 valence electrons. The van der Waals surface area contributed by atoms with E-state index in [-0.39, 0.29) is 4.90 Å². The second kappa shape index (κ2) is 10.8. The summed E-state index contributed by atoms with van der Waals surface area (Å²) in [4.78, 5) is 2.49. The molecule has 1 atom stereocenters. The molecule has 0 aliphatic carbocycles. The molecular formula is C26H26FN3O3S. The Morgan fingerprint density at radius 2 is 1.76 bits per heavy atom. The van der Waals surface area contributed by atoms with Crippen LogP contribution in [0.5, 0.6) is 5.75 Å². The number of sulfonamides is 1. The third-order valence-electron chi connectivity index (χ3n) is 5.87. The molecular weight excluding hydrogens is 453 g/mol. The van der Waals surface area contributed by atoms with Crippen molar-refractivity contribution >= 4 is 10.0 Å². The minimum Gasteiger partial charge on any atom is -0.494 e. The Kier molecular flexibility index (Phi) is 7.58. The van der Waals surface area contributed by atoms with Crippen molar-refractivity contribution in [3.63, 3.8) is 0 Å². The zero-order valence-electron chi connectivity index (χ0n) is 18.7. The minimum atomic E-state index is -3.78. The van der Waals surface area contributed by atoms with Crippen LogP contribution < -0.4 is 9.57 Å². The highest BCUT2D eigenvalue weighted by Crippen LogP contribution is 2.24. The molecule has 0 radical (unpaired) electrons. The third kappa shape index (κ3) is 6.20. The molecule has 1 aliphatic heterocycles. The first-order valence-corrected chi connectivity index (χ1v) is 12.7. The van der Waals surface area contributed by atoms with E-state index < -0.39 is 15.8 Å². The number of hydrogen-bond donors (Lipinski definition) is 1. The van der Waals surface area contributed by atoms with Crippen molar-refractivity contribution in [1.29, 1.82) is 5.26 Å². The Hall–Kier alpha value is -3.25. The second-order valence-corrected chi connectivity index (χ2v) is 10.0. The number of rotatable bonds is 9. The molecule has 0 amide bonds. The molecule has 3 aromatic carbocycles. The summed E-state index contributed by atoms with van der Waals surface area (Å²) in [5.41, 5.74) is 2.74. The molecule has 3 aromatic rings. The number of nitrogens with zero attached hydrogens (tertiary/aromatic N) is 2. The van der Waals surface area contributed by atoms with Crippen LogP contribution >= 0.6 is 0 Å². The van der Waals surface area contributed by atoms with E-state index in [0.717, 1.165) is 42.2 Å². The number of nitrogens with one attached hydrogen (secondary N) is 1. The van der Waals surface area contributed by atoms with Crippen molar-refractivity contribution in [2.45, 2.75) is 24.2 Å². The maximum atomic E-state index is 13.4. The average molecular weight is 480 g/mol. The van der Waals surface area contributed by atoms with Gasteiger partial charge in [0.05, 0.1) is 23.1 Å². The van der Waals surface area contributed by atoms with Gasteiger partial charge in [-0.05, 0) is 78.8 Å². The van der Waals surface area contributed by atoms with Gasteiger partial charge in [-0.15, -0.1) is 4.83 Å². The topological polar surface area (TPSA) is 82.4 Å². The molecule has 8 heteroatoms. The first kappa shape index (κ1) is 23.9. The summed E-state index contributed by atoms with van der Waals surface area (Å²) < 4.78 is 44.1. The van der Waals surface area contributed by atoms with Crippen molar-refractivity contribution < 1.29 is 17.5 Å². The largest absolute Gasteiger partial charge is 0.494 e. The molecule has 6 nitrogen and oxygen atoms in total. The molecule has 34 heavy (non-hydrogen) atoms. The van der Waals surface area contributed by atoms with Gasteiger partial charge >= 0.3 is 0 Å². The van der Waals surface area contributed by atoms with Gasteiger partial charge in [-0.25, -0.2) is 17.8 Å². The Bertz CT molecular complexity index is 1260. The molecule has 0 spiro atoms. The van der Waals surface area contributed by atoms with Crippen LogP contribution in [0.1, 0.15) is 24.8 Å². The molecule has 1 fully saturated rings. The van der Waals surface area contributed by atoms with Gasteiger partial charge < -0.3 is 4.74 Å². The zero-order chi connectivity index (χ0) is 24.0. The highest BCUT2D eigenvalue weighted by Gasteiger charge is 2.26. The van der Waals surface area contributed by atoms with Gasteiger partial charge in [-0.2, -0.15) is 5.26 Å². The predicted molar refractivity (Wildman–Crippen MR) is 128 cm³/mol. The lowest BCUT2D eigenvalue weighted by atomic mass is 10.0. The van der Waals surface area contributed by atoms with E-state index in [1.807, 2.05) is 36.4 Å². The smallest absolute Gasteiger partial charge is 0.253 e. The standard InChI is InChI=1S/C26H26FN3O3S/c27-24-4-1-5-26(17-24)34(31,32)29-30-15-14-21(19-30)3-2-16-33-25-12-10-23(11-13-25)22-8-6-20(18-28)7-9-22/h1,4-13,17,21,29H,2-3,14-16,19H2/t21-/m1/s1. The Balaban J connectivity index is 1.19. The van der Waals surface area contributed by atoms with E-state index in [2.05, 4.69) is 10.9 Å². The van der Waals surface area contributed by atoms with Crippen molar-refractivity contribution in [3.05, 3.63) is 84.2 Å². The van der Waals surface area contributed by atoms with Gasteiger partial charge in [0.15, 0.2) is 0 Å². The maximum absolute atomic E-state index is 13.4. The first-order valence-electron chi connectivity index (χ1n) is 11.2. The lowest BCUT2D eigenvalue weighted by molar-refractivity contribution is 0.269. The van der Waals surface area contributed by atoms with Crippen LogP contribution in [0.15, 0.2) is 77.7 Å². The molecule has 0 saturated carbocycles. The summed E-state index contributed by atoms with van der Waals surface area (Å²) in [7, 11) is -3.78. The average Bonchev–Trinajstić information content (AvgIpc) is 3.29. The lowest BCUT2D eigenvalue weighted by Gasteiger charge is -2.17. The Morgan fingerprint density at radius 1 is 1.06 bits per heavy atom. The van der Waals surface area contributed by atoms with Gasteiger partial charge in [-0.1, -0.05) is 30.3 Å². The Labute approximate surface area is 199 Å². The number of benzene rings is 3. The van der Waals surface area contributed by atoms with Gasteiger partial charge in [0, 0.05) is 13.1 Å². The van der Waals surface area contributed by atoms with Crippen molar-refractivity contribution in [3.8, 4) is 22.9 Å². The predicted octanol–water partition coefficient (Wildman–Crippen LogP) is 4.74. The highest BCUT2D eigenvalue weighted by molar-refractivity contribution is 7.89. The van der Waals surface area contributed by atoms with Gasteiger partial charge in [0.25, 0.3) is 10.0 Å². The SMILES string of the molecule is N#Cc1ccc(-c2ccc(OCCC[C@@H]3CCN(NS(=O)(=O)c4cccc(F)c4)C3)cc2)cc1. The van der Waals surface area contributed by atoms with Gasteiger partial charge in [0.1, 0.15) is 11.6 Å². The van der Waals surface area contributed by atoms with E-state index in [9.17, 15) is 12.8 Å². The highest BCUT2D eigenvalue weighted by atomic mass is 32.2. The van der Waals surface area contributed by atoms with E-state index in [4.69, 9.17) is 10.00 Å². The molecule has 0 aromatic heterocycles. The fourth-order valence-electron chi connectivity index (χ4n) is 4.05. The number of hydrogen-bond acceptors (Lipinski definition) is 5. The normalized spacial score (nSPS) is 16.3. The van der Waals surface area contributed by atoms with Gasteiger partial charge in [0.2, 0.25) is 0 Å². The molecule has 1 saturated heterocycles. The van der Waals surface area contributed by atoms with Crippen LogP contribution in [0.3, 0.4) is 0 Å². The summed E-state index contributed by atoms with van der Waals surface area (Å²) in [5.74, 6) is 0.594. The van der Waals surface area contributed by atoms with Crippen LogP contribution in [-0.4, -0.2) is 33.1 Å². The van der Waals surface area contributed by atoms with Crippen molar-refractivity contribution in [2.75, 3.05) is 19.7 Å². The molecule has 4 rings (SSSR count). The number of nitriles is 1. The fraction of sp³-hybridized carbons (Fsp3) is 0.269. The fourth-order valence-corrected chi connectivity index (χ4v) is 5.19. The summed E-state index contributed by atoms with van der Waals surface area (Å²) in [6.07, 6.45) is 2.69. The van der Waals surface area contributed by atoms with Crippen molar-refractivity contribution in [2.24, 2.45) is 5.92 Å². The molecule has 1 N–H and O–H groups in total. The van der Waals surface area contributed by atoms with Crippen molar-refractivity contribution in [1.82, 2.24) is 9.84 Å². The monoisotopic (exact) mass is 479 g/mol. The van der Waals surface area contributed by atoms with E-state index in [1.54, 1.807) is 17.1 Å². The molecule has 1 aliphatic rings. The maximum Gasteiger partial charge on any atom is 0.253 e. The van der Waals surface area contributed by atoms with Gasteiger partial charge in [-0.3, -0.25) is 0 Å². The third-order valence-corrected chi connectivity index (χ3v) is 7.24. The number of halogens is 1. The van der Waals surface area contributed by atoms with Crippen LogP contribution in [0.2, 0.25) is 0 Å². The number of ether oxygens (including phenoxy) is 1. The van der Waals surface area contributed by atoms with Crippen LogP contribution in [-0.2, 0) is 10.0 Å². The number of hydrazine groups is 1. The van der Waals surface area contributed by atoms with Crippen LogP contribution in [0, 0.1) is 23.1 Å². The molecule has 0 unspecified atom stereocenters. The second-order valence-electron chi connectivity index (χ2n) is 8.36. The zero-order valence-corrected chi connectivity index (χ0v) is 19.5. The summed E-state index contributed by atoms with van der Waals surface area (Å²) in [6, 6.07) is 22.5. The molecule has 0 bridgehead atoms. The summed E-state index contributed by atoms with van der Waals surface area (Å²) in [6.45, 7) is 1.83.